The third kappa shape index (κ3) is 4.28. The van der Waals surface area contributed by atoms with Gasteiger partial charge in [0.25, 0.3) is 0 Å². The van der Waals surface area contributed by atoms with Crippen molar-refractivity contribution >= 4 is 5.97 Å². The van der Waals surface area contributed by atoms with Gasteiger partial charge in [-0.3, -0.25) is 0 Å². The van der Waals surface area contributed by atoms with E-state index in [1.54, 1.807) is 37.3 Å². The van der Waals surface area contributed by atoms with Crippen LogP contribution in [0.1, 0.15) is 18.2 Å². The number of hydrogen-bond acceptors (Lipinski definition) is 6. The van der Waals surface area contributed by atoms with Crippen molar-refractivity contribution in [3.8, 4) is 23.1 Å². The van der Waals surface area contributed by atoms with E-state index < -0.39 is 12.1 Å². The van der Waals surface area contributed by atoms with Crippen LogP contribution in [0.5, 0.6) is 5.75 Å². The highest BCUT2D eigenvalue weighted by Gasteiger charge is 2.17. The summed E-state index contributed by atoms with van der Waals surface area (Å²) in [6.07, 6.45) is -0.792. The van der Waals surface area contributed by atoms with Gasteiger partial charge in [0.05, 0.1) is 11.6 Å². The fourth-order valence-corrected chi connectivity index (χ4v) is 2.25. The van der Waals surface area contributed by atoms with Crippen LogP contribution in [0.25, 0.3) is 11.3 Å². The van der Waals surface area contributed by atoms with E-state index in [0.717, 1.165) is 5.56 Å². The molecule has 0 aliphatic carbocycles. The minimum atomic E-state index is -0.792. The van der Waals surface area contributed by atoms with Crippen LogP contribution in [0.4, 0.5) is 0 Å². The monoisotopic (exact) mass is 348 g/mol. The summed E-state index contributed by atoms with van der Waals surface area (Å²) < 4.78 is 15.9. The van der Waals surface area contributed by atoms with E-state index in [4.69, 9.17) is 19.3 Å². The van der Waals surface area contributed by atoms with Crippen LogP contribution in [0, 0.1) is 11.3 Å². The van der Waals surface area contributed by atoms with Gasteiger partial charge in [0.2, 0.25) is 0 Å². The molecule has 0 fully saturated rings. The fourth-order valence-electron chi connectivity index (χ4n) is 2.25. The van der Waals surface area contributed by atoms with Gasteiger partial charge in [-0.05, 0) is 31.2 Å². The molecule has 0 amide bonds. The molecular formula is C20H16N2O4. The van der Waals surface area contributed by atoms with Gasteiger partial charge >= 0.3 is 5.97 Å². The number of rotatable bonds is 6. The molecule has 130 valence electrons. The van der Waals surface area contributed by atoms with Crippen molar-refractivity contribution in [1.29, 1.82) is 5.26 Å². The Morgan fingerprint density at radius 2 is 1.92 bits per heavy atom. The molecule has 0 saturated heterocycles. The summed E-state index contributed by atoms with van der Waals surface area (Å²) in [5, 5.41) is 12.7. The predicted octanol–water partition coefficient (Wildman–Crippen LogP) is 3.72. The second-order valence-corrected chi connectivity index (χ2v) is 5.55. The molecule has 0 radical (unpaired) electrons. The second-order valence-electron chi connectivity index (χ2n) is 5.55. The van der Waals surface area contributed by atoms with Gasteiger partial charge in [-0.25, -0.2) is 4.79 Å². The average molecular weight is 348 g/mol. The summed E-state index contributed by atoms with van der Waals surface area (Å²) >= 11 is 0. The van der Waals surface area contributed by atoms with Crippen LogP contribution in [-0.2, 0) is 16.1 Å². The Kier molecular flexibility index (Phi) is 5.30. The topological polar surface area (TPSA) is 85.3 Å². The third-order valence-electron chi connectivity index (χ3n) is 3.61. The third-order valence-corrected chi connectivity index (χ3v) is 3.61. The molecule has 6 nitrogen and oxygen atoms in total. The summed E-state index contributed by atoms with van der Waals surface area (Å²) in [6, 6.07) is 19.8. The normalized spacial score (nSPS) is 11.4. The first-order valence-electron chi connectivity index (χ1n) is 8.00. The maximum Gasteiger partial charge on any atom is 0.347 e. The molecule has 0 saturated carbocycles. The quantitative estimate of drug-likeness (QED) is 0.631. The van der Waals surface area contributed by atoms with Gasteiger partial charge in [0.15, 0.2) is 18.5 Å². The molecule has 1 heterocycles. The number of ether oxygens (including phenoxy) is 2. The van der Waals surface area contributed by atoms with Crippen LogP contribution in [-0.4, -0.2) is 17.2 Å². The molecule has 0 N–H and O–H groups in total. The minimum absolute atomic E-state index is 0.0280. The van der Waals surface area contributed by atoms with Crippen LogP contribution >= 0.6 is 0 Å². The number of hydrogen-bond donors (Lipinski definition) is 0. The Morgan fingerprint density at radius 1 is 1.19 bits per heavy atom. The van der Waals surface area contributed by atoms with Gasteiger partial charge in [-0.15, -0.1) is 0 Å². The molecule has 0 bridgehead atoms. The van der Waals surface area contributed by atoms with Crippen LogP contribution in [0.3, 0.4) is 0 Å². The lowest BCUT2D eigenvalue weighted by atomic mass is 10.1. The molecule has 2 aromatic carbocycles. The van der Waals surface area contributed by atoms with Gasteiger partial charge in [0, 0.05) is 11.6 Å². The first-order chi connectivity index (χ1) is 12.7. The van der Waals surface area contributed by atoms with Crippen LogP contribution in [0.15, 0.2) is 65.2 Å². The first-order valence-corrected chi connectivity index (χ1v) is 8.00. The van der Waals surface area contributed by atoms with E-state index in [1.165, 1.54) is 0 Å². The molecule has 0 aliphatic rings. The van der Waals surface area contributed by atoms with E-state index in [1.807, 2.05) is 36.4 Å². The Labute approximate surface area is 150 Å². The molecule has 0 spiro atoms. The van der Waals surface area contributed by atoms with Gasteiger partial charge in [0.1, 0.15) is 11.4 Å². The number of carbonyl (C=O) groups excluding carboxylic acids is 1. The van der Waals surface area contributed by atoms with E-state index in [-0.39, 0.29) is 6.61 Å². The lowest BCUT2D eigenvalue weighted by Gasteiger charge is -2.13. The summed E-state index contributed by atoms with van der Waals surface area (Å²) in [5.41, 5.74) is 2.12. The zero-order valence-electron chi connectivity index (χ0n) is 14.1. The van der Waals surface area contributed by atoms with Crippen molar-refractivity contribution in [2.24, 2.45) is 0 Å². The molecule has 1 atom stereocenters. The van der Waals surface area contributed by atoms with Crippen molar-refractivity contribution in [3.05, 3.63) is 72.0 Å². The molecule has 1 aromatic heterocycles. The Balaban J connectivity index is 1.53. The summed E-state index contributed by atoms with van der Waals surface area (Å²) in [5.74, 6) is 0.411. The van der Waals surface area contributed by atoms with Crippen LogP contribution in [0.2, 0.25) is 0 Å². The highest BCUT2D eigenvalue weighted by Crippen LogP contribution is 2.19. The van der Waals surface area contributed by atoms with Crippen molar-refractivity contribution < 1.29 is 18.8 Å². The highest BCUT2D eigenvalue weighted by molar-refractivity contribution is 5.74. The number of nitrogens with zero attached hydrogens (tertiary/aromatic N) is 2. The number of carbonyl (C=O) groups is 1. The molecule has 3 aromatic rings. The van der Waals surface area contributed by atoms with E-state index in [2.05, 4.69) is 5.16 Å². The maximum atomic E-state index is 12.1. The summed E-state index contributed by atoms with van der Waals surface area (Å²) in [7, 11) is 0. The number of nitriles is 1. The molecular weight excluding hydrogens is 332 g/mol. The average Bonchev–Trinajstić information content (AvgIpc) is 3.16. The zero-order chi connectivity index (χ0) is 18.4. The van der Waals surface area contributed by atoms with Crippen molar-refractivity contribution in [1.82, 2.24) is 5.16 Å². The molecule has 0 unspecified atom stereocenters. The predicted molar refractivity (Wildman–Crippen MR) is 93.0 cm³/mol. The van der Waals surface area contributed by atoms with E-state index in [9.17, 15) is 4.79 Å². The molecule has 6 heteroatoms. The van der Waals surface area contributed by atoms with Crippen LogP contribution < -0.4 is 4.74 Å². The van der Waals surface area contributed by atoms with Gasteiger partial charge in [-0.1, -0.05) is 35.5 Å². The van der Waals surface area contributed by atoms with Gasteiger partial charge in [-0.2, -0.15) is 5.26 Å². The second kappa shape index (κ2) is 7.99. The summed E-state index contributed by atoms with van der Waals surface area (Å²) in [6.45, 7) is 1.57. The lowest BCUT2D eigenvalue weighted by Crippen LogP contribution is -2.25. The largest absolute Gasteiger partial charge is 0.479 e. The standard InChI is InChI=1S/C20H16N2O4/c1-14(25-17-9-7-15(12-21)8-10-17)20(23)24-13-18-11-19(22-26-18)16-5-3-2-4-6-16/h2-11,14H,13H2,1H3/t14-/m0/s1. The van der Waals surface area contributed by atoms with E-state index >= 15 is 0 Å². The first kappa shape index (κ1) is 17.2. The minimum Gasteiger partial charge on any atom is -0.479 e. The SMILES string of the molecule is C[C@H](Oc1ccc(C#N)cc1)C(=O)OCc1cc(-c2ccccc2)no1. The van der Waals surface area contributed by atoms with Crippen molar-refractivity contribution in [2.75, 3.05) is 0 Å². The lowest BCUT2D eigenvalue weighted by molar-refractivity contribution is -0.153. The highest BCUT2D eigenvalue weighted by atomic mass is 16.6. The molecule has 3 rings (SSSR count). The van der Waals surface area contributed by atoms with Crippen molar-refractivity contribution in [3.63, 3.8) is 0 Å². The Morgan fingerprint density at radius 3 is 2.62 bits per heavy atom. The van der Waals surface area contributed by atoms with Gasteiger partial charge < -0.3 is 14.0 Å². The smallest absolute Gasteiger partial charge is 0.347 e. The molecule has 0 aliphatic heterocycles. The number of benzene rings is 2. The Hall–Kier alpha value is -3.59. The fraction of sp³-hybridized carbons (Fsp3) is 0.150. The number of aromatic nitrogens is 1. The van der Waals surface area contributed by atoms with E-state index in [0.29, 0.717) is 22.8 Å². The zero-order valence-corrected chi connectivity index (χ0v) is 14.1. The van der Waals surface area contributed by atoms with Crippen molar-refractivity contribution in [2.45, 2.75) is 19.6 Å². The Bertz CT molecular complexity index is 911. The maximum absolute atomic E-state index is 12.1. The number of esters is 1. The summed E-state index contributed by atoms with van der Waals surface area (Å²) in [4.78, 5) is 12.1. The molecule has 26 heavy (non-hydrogen) atoms.